The lowest BCUT2D eigenvalue weighted by molar-refractivity contribution is 0.0695. The molecule has 2 N–H and O–H groups in total. The van der Waals surface area contributed by atoms with E-state index >= 15 is 0 Å². The van der Waals surface area contributed by atoms with Gasteiger partial charge in [-0.05, 0) is 18.6 Å². The van der Waals surface area contributed by atoms with Crippen LogP contribution in [0.4, 0.5) is 0 Å². The molecule has 0 aliphatic carbocycles. The molecule has 0 amide bonds. The van der Waals surface area contributed by atoms with E-state index in [1.165, 1.54) is 0 Å². The zero-order valence-corrected chi connectivity index (χ0v) is 11.8. The van der Waals surface area contributed by atoms with E-state index in [-0.39, 0.29) is 30.0 Å². The number of aryl methyl sites for hydroxylation is 1. The molecule has 1 aromatic carbocycles. The number of carbonyl (C=O) groups is 1. The van der Waals surface area contributed by atoms with Crippen molar-refractivity contribution in [3.63, 3.8) is 0 Å². The fourth-order valence-corrected chi connectivity index (χ4v) is 2.43. The molecule has 7 heteroatoms. The Kier molecular flexibility index (Phi) is 4.65. The van der Waals surface area contributed by atoms with Gasteiger partial charge >= 0.3 is 5.97 Å². The topological polar surface area (TPSA) is 83.6 Å². The van der Waals surface area contributed by atoms with Crippen molar-refractivity contribution in [2.24, 2.45) is 0 Å². The van der Waals surface area contributed by atoms with Crippen molar-refractivity contribution in [2.75, 3.05) is 6.61 Å². The van der Waals surface area contributed by atoms with Gasteiger partial charge in [0.05, 0.1) is 10.0 Å². The minimum absolute atomic E-state index is 0.0675. The van der Waals surface area contributed by atoms with E-state index in [2.05, 4.69) is 5.16 Å². The Balaban J connectivity index is 2.57. The van der Waals surface area contributed by atoms with Crippen molar-refractivity contribution in [3.05, 3.63) is 39.6 Å². The highest BCUT2D eigenvalue weighted by Crippen LogP contribution is 2.37. The molecule has 106 valence electrons. The second-order valence-corrected chi connectivity index (χ2v) is 4.87. The lowest BCUT2D eigenvalue weighted by Gasteiger charge is -2.04. The highest BCUT2D eigenvalue weighted by molar-refractivity contribution is 6.39. The third-order valence-corrected chi connectivity index (χ3v) is 3.37. The highest BCUT2D eigenvalue weighted by atomic mass is 35.5. The second-order valence-electron chi connectivity index (χ2n) is 4.06. The molecular weight excluding hydrogens is 305 g/mol. The van der Waals surface area contributed by atoms with Crippen LogP contribution < -0.4 is 0 Å². The van der Waals surface area contributed by atoms with Crippen LogP contribution in [0.5, 0.6) is 0 Å². The number of hydrogen-bond acceptors (Lipinski definition) is 4. The number of aromatic nitrogens is 1. The Labute approximate surface area is 124 Å². The molecule has 0 spiro atoms. The molecule has 2 rings (SSSR count). The van der Waals surface area contributed by atoms with Crippen LogP contribution in [0.1, 0.15) is 22.5 Å². The van der Waals surface area contributed by atoms with E-state index in [1.54, 1.807) is 18.2 Å². The van der Waals surface area contributed by atoms with Gasteiger partial charge in [0.15, 0.2) is 5.76 Å². The normalized spacial score (nSPS) is 10.8. The molecule has 0 saturated heterocycles. The van der Waals surface area contributed by atoms with Crippen molar-refractivity contribution in [1.82, 2.24) is 5.16 Å². The summed E-state index contributed by atoms with van der Waals surface area (Å²) in [6.45, 7) is -0.0675. The molecule has 0 unspecified atom stereocenters. The summed E-state index contributed by atoms with van der Waals surface area (Å²) in [4.78, 5) is 11.4. The highest BCUT2D eigenvalue weighted by Gasteiger charge is 2.25. The van der Waals surface area contributed by atoms with Gasteiger partial charge < -0.3 is 14.7 Å². The summed E-state index contributed by atoms with van der Waals surface area (Å²) in [6.07, 6.45) is 0.651. The lowest BCUT2D eigenvalue weighted by Crippen LogP contribution is -2.02. The fraction of sp³-hybridized carbons (Fsp3) is 0.231. The maximum atomic E-state index is 11.4. The summed E-state index contributed by atoms with van der Waals surface area (Å²) in [7, 11) is 0. The molecule has 5 nitrogen and oxygen atoms in total. The smallest absolute Gasteiger partial charge is 0.341 e. The average Bonchev–Trinajstić information content (AvgIpc) is 2.80. The Morgan fingerprint density at radius 3 is 2.50 bits per heavy atom. The molecule has 20 heavy (non-hydrogen) atoms. The minimum Gasteiger partial charge on any atom is -0.477 e. The summed E-state index contributed by atoms with van der Waals surface area (Å²) in [5.74, 6) is -0.984. The molecule has 0 aliphatic rings. The second kappa shape index (κ2) is 6.26. The lowest BCUT2D eigenvalue weighted by atomic mass is 10.0. The monoisotopic (exact) mass is 315 g/mol. The average molecular weight is 316 g/mol. The van der Waals surface area contributed by atoms with Crippen LogP contribution >= 0.6 is 23.2 Å². The maximum absolute atomic E-state index is 11.4. The van der Waals surface area contributed by atoms with Crippen molar-refractivity contribution in [1.29, 1.82) is 0 Å². The van der Waals surface area contributed by atoms with E-state index in [0.29, 0.717) is 22.0 Å². The van der Waals surface area contributed by atoms with Gasteiger partial charge in [0.25, 0.3) is 0 Å². The predicted octanol–water partition coefficient (Wildman–Crippen LogP) is 3.27. The number of aliphatic hydroxyl groups excluding tert-OH is 1. The molecule has 0 atom stereocenters. The minimum atomic E-state index is -1.18. The van der Waals surface area contributed by atoms with Gasteiger partial charge in [0.1, 0.15) is 11.3 Å². The SMILES string of the molecule is O=C(O)c1c(-c2c(Cl)cccc2Cl)noc1CCCO. The van der Waals surface area contributed by atoms with E-state index in [1.807, 2.05) is 0 Å². The summed E-state index contributed by atoms with van der Waals surface area (Å²) in [5, 5.41) is 22.5. The molecule has 1 aromatic heterocycles. The Bertz CT molecular complexity index is 619. The Morgan fingerprint density at radius 2 is 1.95 bits per heavy atom. The van der Waals surface area contributed by atoms with E-state index in [0.717, 1.165) is 0 Å². The standard InChI is InChI=1S/C13H11Cl2NO4/c14-7-3-1-4-8(15)10(7)12-11(13(18)19)9(20-16-12)5-2-6-17/h1,3-4,17H,2,5-6H2,(H,18,19). The summed E-state index contributed by atoms with van der Waals surface area (Å²) in [6, 6.07) is 4.84. The van der Waals surface area contributed by atoms with Gasteiger partial charge in [-0.25, -0.2) is 4.79 Å². The van der Waals surface area contributed by atoms with Crippen LogP contribution in [-0.4, -0.2) is 27.9 Å². The number of hydrogen-bond donors (Lipinski definition) is 2. The first kappa shape index (κ1) is 14.8. The van der Waals surface area contributed by atoms with Gasteiger partial charge in [0, 0.05) is 18.6 Å². The van der Waals surface area contributed by atoms with Crippen molar-refractivity contribution in [3.8, 4) is 11.3 Å². The molecule has 0 bridgehead atoms. The molecule has 0 radical (unpaired) electrons. The number of aliphatic hydroxyl groups is 1. The molecule has 2 aromatic rings. The molecule has 1 heterocycles. The Morgan fingerprint density at radius 1 is 1.30 bits per heavy atom. The third kappa shape index (κ3) is 2.80. The van der Waals surface area contributed by atoms with E-state index in [9.17, 15) is 9.90 Å². The van der Waals surface area contributed by atoms with Crippen LogP contribution in [-0.2, 0) is 6.42 Å². The quantitative estimate of drug-likeness (QED) is 0.884. The van der Waals surface area contributed by atoms with Crippen molar-refractivity contribution < 1.29 is 19.5 Å². The van der Waals surface area contributed by atoms with E-state index < -0.39 is 5.97 Å². The molecule has 0 saturated carbocycles. The van der Waals surface area contributed by atoms with Gasteiger partial charge in [-0.15, -0.1) is 0 Å². The summed E-state index contributed by atoms with van der Waals surface area (Å²) < 4.78 is 5.06. The number of carboxylic acids is 1. The maximum Gasteiger partial charge on any atom is 0.341 e. The molecule has 0 aliphatic heterocycles. The number of halogens is 2. The van der Waals surface area contributed by atoms with Crippen LogP contribution in [0.25, 0.3) is 11.3 Å². The largest absolute Gasteiger partial charge is 0.477 e. The number of aromatic carboxylic acids is 1. The van der Waals surface area contributed by atoms with Gasteiger partial charge in [-0.1, -0.05) is 34.4 Å². The Hall–Kier alpha value is -1.56. The zero-order valence-electron chi connectivity index (χ0n) is 10.3. The summed E-state index contributed by atoms with van der Waals surface area (Å²) >= 11 is 12.1. The number of carboxylic acid groups (broad SMARTS) is 1. The number of nitrogens with zero attached hydrogens (tertiary/aromatic N) is 1. The third-order valence-electron chi connectivity index (χ3n) is 2.74. The number of benzene rings is 1. The van der Waals surface area contributed by atoms with Crippen LogP contribution in [0, 0.1) is 0 Å². The molecule has 0 fully saturated rings. The fourth-order valence-electron chi connectivity index (χ4n) is 1.85. The van der Waals surface area contributed by atoms with Gasteiger partial charge in [-0.3, -0.25) is 0 Å². The first-order valence-electron chi connectivity index (χ1n) is 5.83. The van der Waals surface area contributed by atoms with Crippen molar-refractivity contribution in [2.45, 2.75) is 12.8 Å². The van der Waals surface area contributed by atoms with Gasteiger partial charge in [-0.2, -0.15) is 0 Å². The zero-order chi connectivity index (χ0) is 14.7. The van der Waals surface area contributed by atoms with Crippen LogP contribution in [0.2, 0.25) is 10.0 Å². The first-order valence-corrected chi connectivity index (χ1v) is 6.59. The predicted molar refractivity (Wildman–Crippen MR) is 74.3 cm³/mol. The van der Waals surface area contributed by atoms with Crippen LogP contribution in [0.3, 0.4) is 0 Å². The van der Waals surface area contributed by atoms with Gasteiger partial charge in [0.2, 0.25) is 0 Å². The van der Waals surface area contributed by atoms with Crippen molar-refractivity contribution >= 4 is 29.2 Å². The first-order chi connectivity index (χ1) is 9.56. The van der Waals surface area contributed by atoms with Crippen LogP contribution in [0.15, 0.2) is 22.7 Å². The van der Waals surface area contributed by atoms with E-state index in [4.69, 9.17) is 32.8 Å². The molecular formula is C13H11Cl2NO4. The number of rotatable bonds is 5. The summed E-state index contributed by atoms with van der Waals surface area (Å²) in [5.41, 5.74) is 0.349.